The molecule has 1 unspecified atom stereocenters. The molecule has 0 bridgehead atoms. The van der Waals surface area contributed by atoms with Crippen LogP contribution in [-0.2, 0) is 0 Å². The standard InChI is InChI=1S/C19H14FNO3S/c1-23-16-9-12(6-7-13(16)20)18(22)19-21-14(10-25-19)17-8-11-4-2-3-5-15(11)24-17/h2-10,18,22H,1H3. The number of hydrogen-bond acceptors (Lipinski definition) is 5. The van der Waals surface area contributed by atoms with E-state index < -0.39 is 11.9 Å². The average Bonchev–Trinajstić information content (AvgIpc) is 3.28. The molecule has 2 aromatic carbocycles. The largest absolute Gasteiger partial charge is 0.494 e. The molecular weight excluding hydrogens is 341 g/mol. The number of methoxy groups -OCH3 is 1. The van der Waals surface area contributed by atoms with Gasteiger partial charge in [-0.3, -0.25) is 0 Å². The molecule has 0 amide bonds. The van der Waals surface area contributed by atoms with Gasteiger partial charge in [0.2, 0.25) is 0 Å². The fraction of sp³-hybridized carbons (Fsp3) is 0.105. The highest BCUT2D eigenvalue weighted by Crippen LogP contribution is 2.33. The predicted molar refractivity (Wildman–Crippen MR) is 94.3 cm³/mol. The Morgan fingerprint density at radius 2 is 2.04 bits per heavy atom. The van der Waals surface area contributed by atoms with Gasteiger partial charge in [-0.1, -0.05) is 24.3 Å². The Morgan fingerprint density at radius 1 is 1.20 bits per heavy atom. The smallest absolute Gasteiger partial charge is 0.165 e. The first-order chi connectivity index (χ1) is 12.2. The highest BCUT2D eigenvalue weighted by Gasteiger charge is 2.18. The number of aliphatic hydroxyl groups excluding tert-OH is 1. The number of nitrogens with zero attached hydrogens (tertiary/aromatic N) is 1. The van der Waals surface area contributed by atoms with Crippen LogP contribution in [0.4, 0.5) is 4.39 Å². The van der Waals surface area contributed by atoms with E-state index in [-0.39, 0.29) is 5.75 Å². The number of ether oxygens (including phenoxy) is 1. The maximum atomic E-state index is 13.5. The van der Waals surface area contributed by atoms with Gasteiger partial charge in [-0.2, -0.15) is 0 Å². The van der Waals surface area contributed by atoms with Gasteiger partial charge in [0.25, 0.3) is 0 Å². The molecule has 25 heavy (non-hydrogen) atoms. The van der Waals surface area contributed by atoms with Gasteiger partial charge in [0.15, 0.2) is 17.3 Å². The normalized spacial score (nSPS) is 12.4. The minimum Gasteiger partial charge on any atom is -0.494 e. The number of aliphatic hydroxyl groups is 1. The molecule has 0 fully saturated rings. The molecule has 2 aromatic heterocycles. The van der Waals surface area contributed by atoms with Crippen molar-refractivity contribution in [3.05, 3.63) is 70.3 Å². The molecule has 0 aliphatic heterocycles. The van der Waals surface area contributed by atoms with Gasteiger partial charge >= 0.3 is 0 Å². The first-order valence-electron chi connectivity index (χ1n) is 7.61. The Balaban J connectivity index is 1.66. The van der Waals surface area contributed by atoms with Crippen molar-refractivity contribution in [2.75, 3.05) is 7.11 Å². The van der Waals surface area contributed by atoms with Crippen LogP contribution in [0.5, 0.6) is 5.75 Å². The first kappa shape index (κ1) is 15.8. The van der Waals surface area contributed by atoms with Gasteiger partial charge in [-0.25, -0.2) is 9.37 Å². The molecule has 126 valence electrons. The second kappa shape index (κ2) is 6.31. The number of thiazole rings is 1. The number of aromatic nitrogens is 1. The van der Waals surface area contributed by atoms with Gasteiger partial charge in [0.05, 0.1) is 7.11 Å². The molecule has 0 saturated heterocycles. The Morgan fingerprint density at radius 3 is 2.84 bits per heavy atom. The van der Waals surface area contributed by atoms with Crippen molar-refractivity contribution in [3.63, 3.8) is 0 Å². The zero-order chi connectivity index (χ0) is 17.4. The van der Waals surface area contributed by atoms with E-state index in [4.69, 9.17) is 9.15 Å². The average molecular weight is 355 g/mol. The molecule has 2 heterocycles. The maximum Gasteiger partial charge on any atom is 0.165 e. The Labute approximate surface area is 147 Å². The van der Waals surface area contributed by atoms with Crippen molar-refractivity contribution in [3.8, 4) is 17.2 Å². The van der Waals surface area contributed by atoms with Crippen LogP contribution in [0.15, 0.2) is 58.3 Å². The van der Waals surface area contributed by atoms with Crippen LogP contribution in [-0.4, -0.2) is 17.2 Å². The van der Waals surface area contributed by atoms with E-state index in [1.54, 1.807) is 0 Å². The zero-order valence-electron chi connectivity index (χ0n) is 13.3. The second-order valence-corrected chi connectivity index (χ2v) is 6.41. The van der Waals surface area contributed by atoms with Crippen LogP contribution in [0.2, 0.25) is 0 Å². The highest BCUT2D eigenvalue weighted by molar-refractivity contribution is 7.10. The summed E-state index contributed by atoms with van der Waals surface area (Å²) in [6.07, 6.45) is -0.961. The minimum atomic E-state index is -0.961. The first-order valence-corrected chi connectivity index (χ1v) is 8.49. The summed E-state index contributed by atoms with van der Waals surface area (Å²) in [5, 5.41) is 13.9. The van der Waals surface area contributed by atoms with Crippen LogP contribution in [0.3, 0.4) is 0 Å². The second-order valence-electron chi connectivity index (χ2n) is 5.52. The lowest BCUT2D eigenvalue weighted by molar-refractivity contribution is 0.219. The van der Waals surface area contributed by atoms with Crippen LogP contribution in [0.1, 0.15) is 16.7 Å². The number of hydrogen-bond donors (Lipinski definition) is 1. The van der Waals surface area contributed by atoms with Crippen molar-refractivity contribution in [1.82, 2.24) is 4.98 Å². The lowest BCUT2D eigenvalue weighted by atomic mass is 10.1. The third-order valence-electron chi connectivity index (χ3n) is 3.92. The molecule has 0 aliphatic rings. The van der Waals surface area contributed by atoms with Crippen LogP contribution in [0, 0.1) is 5.82 Å². The van der Waals surface area contributed by atoms with E-state index in [0.717, 1.165) is 11.0 Å². The van der Waals surface area contributed by atoms with Crippen molar-refractivity contribution < 1.29 is 18.7 Å². The van der Waals surface area contributed by atoms with E-state index in [1.165, 1.54) is 36.6 Å². The fourth-order valence-corrected chi connectivity index (χ4v) is 3.44. The van der Waals surface area contributed by atoms with Gasteiger partial charge in [-0.05, 0) is 29.8 Å². The number of fused-ring (bicyclic) bond motifs is 1. The topological polar surface area (TPSA) is 55.5 Å². The molecule has 0 saturated carbocycles. The lowest BCUT2D eigenvalue weighted by Crippen LogP contribution is -2.00. The summed E-state index contributed by atoms with van der Waals surface area (Å²) >= 11 is 1.32. The van der Waals surface area contributed by atoms with Crippen molar-refractivity contribution >= 4 is 22.3 Å². The van der Waals surface area contributed by atoms with E-state index in [2.05, 4.69) is 4.98 Å². The summed E-state index contributed by atoms with van der Waals surface area (Å²) in [5.74, 6) is 0.263. The van der Waals surface area contributed by atoms with E-state index in [9.17, 15) is 9.50 Å². The van der Waals surface area contributed by atoms with Crippen molar-refractivity contribution in [2.24, 2.45) is 0 Å². The lowest BCUT2D eigenvalue weighted by Gasteiger charge is -2.10. The summed E-state index contributed by atoms with van der Waals surface area (Å²) in [6.45, 7) is 0. The number of para-hydroxylation sites is 1. The molecule has 0 spiro atoms. The fourth-order valence-electron chi connectivity index (χ4n) is 2.62. The third-order valence-corrected chi connectivity index (χ3v) is 4.82. The molecule has 4 aromatic rings. The molecule has 1 N–H and O–H groups in total. The Bertz CT molecular complexity index is 1010. The predicted octanol–water partition coefficient (Wildman–Crippen LogP) is 4.79. The number of furan rings is 1. The highest BCUT2D eigenvalue weighted by atomic mass is 32.1. The molecule has 1 atom stereocenters. The van der Waals surface area contributed by atoms with Crippen molar-refractivity contribution in [1.29, 1.82) is 0 Å². The van der Waals surface area contributed by atoms with E-state index in [0.29, 0.717) is 22.0 Å². The SMILES string of the molecule is COc1cc(C(O)c2nc(-c3cc4ccccc4o3)cs2)ccc1F. The summed E-state index contributed by atoms with van der Waals surface area (Å²) in [5.41, 5.74) is 1.96. The summed E-state index contributed by atoms with van der Waals surface area (Å²) in [7, 11) is 1.39. The molecule has 4 rings (SSSR count). The quantitative estimate of drug-likeness (QED) is 0.572. The van der Waals surface area contributed by atoms with E-state index in [1.807, 2.05) is 35.7 Å². The monoisotopic (exact) mass is 355 g/mol. The number of halogens is 1. The van der Waals surface area contributed by atoms with E-state index >= 15 is 0 Å². The Hall–Kier alpha value is -2.70. The van der Waals surface area contributed by atoms with Crippen LogP contribution in [0.25, 0.3) is 22.4 Å². The summed E-state index contributed by atoms with van der Waals surface area (Å²) in [4.78, 5) is 4.47. The molecule has 0 aliphatic carbocycles. The minimum absolute atomic E-state index is 0.0885. The molecule has 4 nitrogen and oxygen atoms in total. The molecular formula is C19H14FNO3S. The van der Waals surface area contributed by atoms with Crippen LogP contribution < -0.4 is 4.74 Å². The van der Waals surface area contributed by atoms with Crippen molar-refractivity contribution in [2.45, 2.75) is 6.10 Å². The number of benzene rings is 2. The van der Waals surface area contributed by atoms with Gasteiger partial charge in [0, 0.05) is 10.8 Å². The summed E-state index contributed by atoms with van der Waals surface area (Å²) in [6, 6.07) is 13.9. The van der Waals surface area contributed by atoms with Gasteiger partial charge in [-0.15, -0.1) is 11.3 Å². The molecule has 6 heteroatoms. The Kier molecular flexibility index (Phi) is 3.99. The maximum absolute atomic E-state index is 13.5. The van der Waals surface area contributed by atoms with Gasteiger partial charge in [0.1, 0.15) is 22.4 Å². The zero-order valence-corrected chi connectivity index (χ0v) is 14.1. The number of rotatable bonds is 4. The summed E-state index contributed by atoms with van der Waals surface area (Å²) < 4.78 is 24.3. The van der Waals surface area contributed by atoms with Gasteiger partial charge < -0.3 is 14.3 Å². The third kappa shape index (κ3) is 2.90. The van der Waals surface area contributed by atoms with Crippen LogP contribution >= 0.6 is 11.3 Å². The molecule has 0 radical (unpaired) electrons.